The van der Waals surface area contributed by atoms with E-state index in [4.69, 9.17) is 4.74 Å². The number of nitriles is 1. The van der Waals surface area contributed by atoms with Crippen LogP contribution in [0.15, 0.2) is 0 Å². The molecule has 0 N–H and O–H groups in total. The van der Waals surface area contributed by atoms with Gasteiger partial charge < -0.3 is 4.74 Å². The van der Waals surface area contributed by atoms with Crippen molar-refractivity contribution in [1.29, 1.82) is 5.26 Å². The molecule has 4 aliphatic carbocycles. The average Bonchev–Trinajstić information content (AvgIpc) is 2.73. The Hall–Kier alpha value is -0.550. The van der Waals surface area contributed by atoms with E-state index in [0.29, 0.717) is 6.10 Å². The summed E-state index contributed by atoms with van der Waals surface area (Å²) in [5.74, 6) is 5.50. The van der Waals surface area contributed by atoms with Gasteiger partial charge in [0.15, 0.2) is 0 Å². The van der Waals surface area contributed by atoms with Crippen LogP contribution in [-0.4, -0.2) is 12.7 Å². The van der Waals surface area contributed by atoms with E-state index in [0.717, 1.165) is 48.5 Å². The van der Waals surface area contributed by atoms with Gasteiger partial charge in [-0.2, -0.15) is 5.26 Å². The molecule has 2 heteroatoms. The molecule has 0 spiro atoms. The van der Waals surface area contributed by atoms with E-state index < -0.39 is 0 Å². The highest BCUT2D eigenvalue weighted by atomic mass is 16.5. The van der Waals surface area contributed by atoms with Crippen LogP contribution < -0.4 is 0 Å². The van der Waals surface area contributed by atoms with Crippen LogP contribution in [0.1, 0.15) is 104 Å². The van der Waals surface area contributed by atoms with Crippen molar-refractivity contribution in [3.05, 3.63) is 0 Å². The van der Waals surface area contributed by atoms with Gasteiger partial charge in [-0.1, -0.05) is 32.6 Å². The van der Waals surface area contributed by atoms with Crippen molar-refractivity contribution in [3.63, 3.8) is 0 Å². The molecule has 0 aromatic carbocycles. The van der Waals surface area contributed by atoms with Crippen molar-refractivity contribution in [2.45, 2.75) is 110 Å². The molecule has 0 heterocycles. The Labute approximate surface area is 173 Å². The van der Waals surface area contributed by atoms with Gasteiger partial charge in [0, 0.05) is 6.61 Å². The van der Waals surface area contributed by atoms with Gasteiger partial charge in [0.05, 0.1) is 17.6 Å². The van der Waals surface area contributed by atoms with E-state index in [9.17, 15) is 5.26 Å². The van der Waals surface area contributed by atoms with Crippen molar-refractivity contribution in [2.24, 2.45) is 40.9 Å². The molecule has 2 nitrogen and oxygen atoms in total. The number of fused-ring (bicyclic) bond motifs is 5. The van der Waals surface area contributed by atoms with Crippen LogP contribution in [0, 0.1) is 52.3 Å². The lowest BCUT2D eigenvalue weighted by Crippen LogP contribution is -2.50. The largest absolute Gasteiger partial charge is 0.378 e. The third-order valence-corrected chi connectivity index (χ3v) is 9.50. The molecule has 0 amide bonds. The molecule has 4 rings (SSSR count). The van der Waals surface area contributed by atoms with E-state index in [1.165, 1.54) is 83.5 Å². The van der Waals surface area contributed by atoms with E-state index >= 15 is 0 Å². The summed E-state index contributed by atoms with van der Waals surface area (Å²) in [6, 6.07) is 2.83. The number of hydrogen-bond acceptors (Lipinski definition) is 2. The highest BCUT2D eigenvalue weighted by molar-refractivity contribution is 5.07. The van der Waals surface area contributed by atoms with E-state index in [2.05, 4.69) is 19.9 Å². The Bertz CT molecular complexity index is 551. The quantitative estimate of drug-likeness (QED) is 0.455. The predicted molar refractivity (Wildman–Crippen MR) is 115 cm³/mol. The third-order valence-electron chi connectivity index (χ3n) is 9.50. The summed E-state index contributed by atoms with van der Waals surface area (Å²) < 4.78 is 6.19. The lowest BCUT2D eigenvalue weighted by molar-refractivity contribution is -0.107. The summed E-state index contributed by atoms with van der Waals surface area (Å²) >= 11 is 0. The molecule has 4 aliphatic rings. The number of nitrogens with zero attached hydrogens (tertiary/aromatic N) is 1. The maximum Gasteiger partial charge on any atom is 0.0689 e. The van der Waals surface area contributed by atoms with Crippen molar-refractivity contribution in [2.75, 3.05) is 6.61 Å². The van der Waals surface area contributed by atoms with Crippen LogP contribution in [0.5, 0.6) is 0 Å². The zero-order chi connectivity index (χ0) is 19.6. The second-order valence-electron chi connectivity index (χ2n) is 10.8. The smallest absolute Gasteiger partial charge is 0.0689 e. The van der Waals surface area contributed by atoms with Gasteiger partial charge in [0.1, 0.15) is 0 Å². The predicted octanol–water partition coefficient (Wildman–Crippen LogP) is 7.13. The molecule has 6 unspecified atom stereocenters. The monoisotopic (exact) mass is 385 g/mol. The second kappa shape index (κ2) is 9.07. The molecule has 0 radical (unpaired) electrons. The molecule has 28 heavy (non-hydrogen) atoms. The summed E-state index contributed by atoms with van der Waals surface area (Å²) in [5.41, 5.74) is 0.0191. The number of hydrogen-bond donors (Lipinski definition) is 0. The maximum atomic E-state index is 10.0. The second-order valence-corrected chi connectivity index (χ2v) is 10.8. The zero-order valence-corrected chi connectivity index (χ0v) is 18.5. The van der Waals surface area contributed by atoms with Crippen LogP contribution in [0.25, 0.3) is 0 Å². The topological polar surface area (TPSA) is 33.0 Å². The van der Waals surface area contributed by atoms with Crippen molar-refractivity contribution in [1.82, 2.24) is 0 Å². The minimum atomic E-state index is 0.0191. The fourth-order valence-electron chi connectivity index (χ4n) is 8.31. The zero-order valence-electron chi connectivity index (χ0n) is 18.5. The van der Waals surface area contributed by atoms with Gasteiger partial charge in [-0.3, -0.25) is 0 Å². The molecule has 4 saturated carbocycles. The first-order valence-corrected chi connectivity index (χ1v) is 12.7. The van der Waals surface area contributed by atoms with Crippen LogP contribution in [0.4, 0.5) is 0 Å². The Morgan fingerprint density at radius 3 is 2.39 bits per heavy atom. The van der Waals surface area contributed by atoms with E-state index in [1.807, 2.05) is 0 Å². The molecule has 0 aromatic rings. The van der Waals surface area contributed by atoms with E-state index in [1.54, 1.807) is 0 Å². The highest BCUT2D eigenvalue weighted by Crippen LogP contribution is 2.60. The van der Waals surface area contributed by atoms with Crippen molar-refractivity contribution >= 4 is 0 Å². The van der Waals surface area contributed by atoms with Gasteiger partial charge in [-0.05, 0) is 107 Å². The summed E-state index contributed by atoms with van der Waals surface area (Å²) in [6.45, 7) is 5.33. The van der Waals surface area contributed by atoms with Crippen LogP contribution in [0.2, 0.25) is 0 Å². The summed E-state index contributed by atoms with van der Waals surface area (Å²) in [6.07, 6.45) is 19.2. The summed E-state index contributed by atoms with van der Waals surface area (Å²) in [5, 5.41) is 10.0. The van der Waals surface area contributed by atoms with Gasteiger partial charge in [-0.25, -0.2) is 0 Å². The molecule has 0 aromatic heterocycles. The van der Waals surface area contributed by atoms with Crippen molar-refractivity contribution < 1.29 is 4.74 Å². The van der Waals surface area contributed by atoms with Gasteiger partial charge in [0.25, 0.3) is 0 Å². The highest BCUT2D eigenvalue weighted by Gasteiger charge is 2.52. The van der Waals surface area contributed by atoms with Crippen LogP contribution in [-0.2, 0) is 4.74 Å². The van der Waals surface area contributed by atoms with Crippen LogP contribution in [0.3, 0.4) is 0 Å². The third kappa shape index (κ3) is 3.90. The SMILES string of the molecule is CCCCC[C@]1(C#N)CCC2C(CCC3C2CCC2C3CCC[C@@H]2OCC)C1. The van der Waals surface area contributed by atoms with Gasteiger partial charge in [0.2, 0.25) is 0 Å². The molecule has 8 atom stereocenters. The molecule has 0 bridgehead atoms. The Kier molecular flexibility index (Phi) is 6.71. The average molecular weight is 386 g/mol. The summed E-state index contributed by atoms with van der Waals surface area (Å²) in [7, 11) is 0. The first-order chi connectivity index (χ1) is 13.7. The van der Waals surface area contributed by atoms with Crippen molar-refractivity contribution in [3.8, 4) is 6.07 Å². The summed E-state index contributed by atoms with van der Waals surface area (Å²) in [4.78, 5) is 0. The van der Waals surface area contributed by atoms with Gasteiger partial charge in [-0.15, -0.1) is 0 Å². The first kappa shape index (κ1) is 20.7. The number of ether oxygens (including phenoxy) is 1. The number of unbranched alkanes of at least 4 members (excludes halogenated alkanes) is 2. The number of rotatable bonds is 6. The molecular formula is C26H43NO. The van der Waals surface area contributed by atoms with Gasteiger partial charge >= 0.3 is 0 Å². The molecule has 4 fully saturated rings. The Morgan fingerprint density at radius 1 is 0.857 bits per heavy atom. The fourth-order valence-corrected chi connectivity index (χ4v) is 8.31. The van der Waals surface area contributed by atoms with E-state index in [-0.39, 0.29) is 5.41 Å². The first-order valence-electron chi connectivity index (χ1n) is 12.7. The molecule has 0 aliphatic heterocycles. The minimum absolute atomic E-state index is 0.0191. The molecule has 158 valence electrons. The lowest BCUT2D eigenvalue weighted by Gasteiger charge is -2.57. The maximum absolute atomic E-state index is 10.0. The molecular weight excluding hydrogens is 342 g/mol. The molecule has 0 saturated heterocycles. The Morgan fingerprint density at radius 2 is 1.61 bits per heavy atom. The fraction of sp³-hybridized carbons (Fsp3) is 0.962. The normalized spacial score (nSPS) is 45.4. The van der Waals surface area contributed by atoms with Crippen LogP contribution >= 0.6 is 0 Å². The lowest BCUT2D eigenvalue weighted by atomic mass is 9.49. The minimum Gasteiger partial charge on any atom is -0.378 e. The Balaban J connectivity index is 1.42. The standard InChI is InChI=1S/C26H43NO/c1-3-5-6-15-26(18-27)16-14-20-19(17-26)10-11-23-21-8-7-9-25(28-4-2)24(21)13-12-22(20)23/h19-25H,3-17H2,1-2H3/t19?,20?,21?,22?,23?,24?,25-,26-/m0/s1.